The number of ether oxygens (including phenoxy) is 1. The standard InChI is InChI=1S/C20H24O2/c21-19(7-6-15-4-2-1-3-5-15)22-14-20-11-16-8-17(12-20)10-18(9-16)13-20/h1-7,16-18H,8-14H2/b7-6+. The monoisotopic (exact) mass is 296 g/mol. The molecule has 4 saturated carbocycles. The van der Waals surface area contributed by atoms with Gasteiger partial charge in [0.1, 0.15) is 0 Å². The van der Waals surface area contributed by atoms with Crippen molar-refractivity contribution in [1.29, 1.82) is 0 Å². The van der Waals surface area contributed by atoms with Gasteiger partial charge in [-0.2, -0.15) is 0 Å². The summed E-state index contributed by atoms with van der Waals surface area (Å²) in [6, 6.07) is 9.90. The van der Waals surface area contributed by atoms with Crippen LogP contribution in [0.3, 0.4) is 0 Å². The van der Waals surface area contributed by atoms with Crippen molar-refractivity contribution in [2.75, 3.05) is 6.61 Å². The summed E-state index contributed by atoms with van der Waals surface area (Å²) in [5, 5.41) is 0. The smallest absolute Gasteiger partial charge is 0.330 e. The molecule has 0 radical (unpaired) electrons. The van der Waals surface area contributed by atoms with Crippen molar-refractivity contribution >= 4 is 12.0 Å². The summed E-state index contributed by atoms with van der Waals surface area (Å²) in [7, 11) is 0. The van der Waals surface area contributed by atoms with Crippen LogP contribution in [0.4, 0.5) is 0 Å². The molecule has 0 amide bonds. The Morgan fingerprint density at radius 3 is 2.23 bits per heavy atom. The molecule has 0 spiro atoms. The van der Waals surface area contributed by atoms with Gasteiger partial charge in [0.25, 0.3) is 0 Å². The van der Waals surface area contributed by atoms with Gasteiger partial charge in [0.05, 0.1) is 6.61 Å². The highest BCUT2D eigenvalue weighted by atomic mass is 16.5. The minimum atomic E-state index is -0.195. The van der Waals surface area contributed by atoms with Crippen molar-refractivity contribution in [1.82, 2.24) is 0 Å². The van der Waals surface area contributed by atoms with E-state index in [1.807, 2.05) is 36.4 Å². The van der Waals surface area contributed by atoms with Crippen LogP contribution in [0.5, 0.6) is 0 Å². The Hall–Kier alpha value is -1.57. The Bertz CT molecular complexity index is 537. The van der Waals surface area contributed by atoms with Gasteiger partial charge in [-0.05, 0) is 67.9 Å². The zero-order valence-electron chi connectivity index (χ0n) is 13.0. The number of hydrogen-bond donors (Lipinski definition) is 0. The van der Waals surface area contributed by atoms with Gasteiger partial charge in [-0.25, -0.2) is 4.79 Å². The number of carbonyl (C=O) groups excluding carboxylic acids is 1. The highest BCUT2D eigenvalue weighted by Gasteiger charge is 2.51. The first-order valence-corrected chi connectivity index (χ1v) is 8.61. The molecule has 0 heterocycles. The van der Waals surface area contributed by atoms with Crippen LogP contribution in [0.15, 0.2) is 36.4 Å². The molecule has 0 aromatic heterocycles. The predicted molar refractivity (Wildman–Crippen MR) is 87.0 cm³/mol. The average molecular weight is 296 g/mol. The molecule has 4 aliphatic carbocycles. The van der Waals surface area contributed by atoms with Crippen LogP contribution in [0.2, 0.25) is 0 Å². The average Bonchev–Trinajstić information content (AvgIpc) is 2.51. The molecular formula is C20H24O2. The van der Waals surface area contributed by atoms with E-state index in [0.29, 0.717) is 12.0 Å². The highest BCUT2D eigenvalue weighted by molar-refractivity contribution is 5.87. The lowest BCUT2D eigenvalue weighted by molar-refractivity contribution is -0.149. The second kappa shape index (κ2) is 5.57. The molecule has 116 valence electrons. The van der Waals surface area contributed by atoms with E-state index in [4.69, 9.17) is 4.74 Å². The SMILES string of the molecule is O=C(/C=C/c1ccccc1)OCC12CC3CC(CC(C3)C1)C2. The Kier molecular flexibility index (Phi) is 3.56. The molecule has 1 aromatic rings. The third kappa shape index (κ3) is 2.84. The lowest BCUT2D eigenvalue weighted by atomic mass is 9.50. The fourth-order valence-electron chi connectivity index (χ4n) is 5.47. The Labute approximate surface area is 132 Å². The minimum Gasteiger partial charge on any atom is -0.462 e. The summed E-state index contributed by atoms with van der Waals surface area (Å²) in [6.45, 7) is 0.633. The summed E-state index contributed by atoms with van der Waals surface area (Å²) in [5.74, 6) is 2.53. The van der Waals surface area contributed by atoms with Crippen LogP contribution < -0.4 is 0 Å². The topological polar surface area (TPSA) is 26.3 Å². The van der Waals surface area contributed by atoms with E-state index in [1.54, 1.807) is 6.08 Å². The predicted octanol–water partition coefficient (Wildman–Crippen LogP) is 4.46. The van der Waals surface area contributed by atoms with E-state index in [1.165, 1.54) is 38.5 Å². The molecule has 0 aliphatic heterocycles. The second-order valence-corrected chi connectivity index (χ2v) is 7.77. The van der Waals surface area contributed by atoms with E-state index >= 15 is 0 Å². The van der Waals surface area contributed by atoms with Gasteiger partial charge < -0.3 is 4.74 Å². The molecule has 0 N–H and O–H groups in total. The van der Waals surface area contributed by atoms with Crippen molar-refractivity contribution in [3.8, 4) is 0 Å². The van der Waals surface area contributed by atoms with Crippen LogP contribution in [0.25, 0.3) is 6.08 Å². The maximum atomic E-state index is 12.0. The molecule has 0 atom stereocenters. The summed E-state index contributed by atoms with van der Waals surface area (Å²) >= 11 is 0. The Morgan fingerprint density at radius 1 is 1.05 bits per heavy atom. The van der Waals surface area contributed by atoms with E-state index in [-0.39, 0.29) is 5.97 Å². The summed E-state index contributed by atoms with van der Waals surface area (Å²) in [6.07, 6.45) is 11.6. The van der Waals surface area contributed by atoms with Crippen molar-refractivity contribution in [2.45, 2.75) is 38.5 Å². The fraction of sp³-hybridized carbons (Fsp3) is 0.550. The minimum absolute atomic E-state index is 0.195. The van der Waals surface area contributed by atoms with Crippen LogP contribution >= 0.6 is 0 Å². The van der Waals surface area contributed by atoms with Gasteiger partial charge in [-0.1, -0.05) is 30.3 Å². The zero-order chi connectivity index (χ0) is 15.0. The summed E-state index contributed by atoms with van der Waals surface area (Å²) in [4.78, 5) is 12.0. The largest absolute Gasteiger partial charge is 0.462 e. The summed E-state index contributed by atoms with van der Waals surface area (Å²) in [5.41, 5.74) is 1.35. The number of benzene rings is 1. The van der Waals surface area contributed by atoms with Crippen molar-refractivity contribution in [3.05, 3.63) is 42.0 Å². The van der Waals surface area contributed by atoms with Crippen molar-refractivity contribution in [2.24, 2.45) is 23.2 Å². The molecule has 2 nitrogen and oxygen atoms in total. The van der Waals surface area contributed by atoms with Crippen LogP contribution in [-0.4, -0.2) is 12.6 Å². The molecule has 2 heteroatoms. The molecule has 4 aliphatic rings. The molecule has 4 fully saturated rings. The number of carbonyl (C=O) groups is 1. The quantitative estimate of drug-likeness (QED) is 0.605. The molecule has 0 saturated heterocycles. The highest BCUT2D eigenvalue weighted by Crippen LogP contribution is 2.60. The summed E-state index contributed by atoms with van der Waals surface area (Å²) < 4.78 is 5.62. The molecule has 0 unspecified atom stereocenters. The third-order valence-corrected chi connectivity index (χ3v) is 5.90. The first-order valence-electron chi connectivity index (χ1n) is 8.61. The van der Waals surface area contributed by atoms with Gasteiger partial charge in [-0.3, -0.25) is 0 Å². The molecule has 1 aromatic carbocycles. The lowest BCUT2D eigenvalue weighted by Gasteiger charge is -2.56. The first kappa shape index (κ1) is 14.0. The third-order valence-electron chi connectivity index (χ3n) is 5.90. The lowest BCUT2D eigenvalue weighted by Crippen LogP contribution is -2.48. The van der Waals surface area contributed by atoms with Crippen LogP contribution in [0, 0.1) is 23.2 Å². The van der Waals surface area contributed by atoms with Crippen molar-refractivity contribution < 1.29 is 9.53 Å². The number of esters is 1. The molecule has 4 bridgehead atoms. The van der Waals surface area contributed by atoms with E-state index in [0.717, 1.165) is 23.3 Å². The van der Waals surface area contributed by atoms with Crippen LogP contribution in [0.1, 0.15) is 44.1 Å². The first-order chi connectivity index (χ1) is 10.7. The maximum Gasteiger partial charge on any atom is 0.330 e. The van der Waals surface area contributed by atoms with E-state index in [2.05, 4.69) is 0 Å². The van der Waals surface area contributed by atoms with E-state index < -0.39 is 0 Å². The molecular weight excluding hydrogens is 272 g/mol. The van der Waals surface area contributed by atoms with Crippen molar-refractivity contribution in [3.63, 3.8) is 0 Å². The molecule has 5 rings (SSSR count). The zero-order valence-corrected chi connectivity index (χ0v) is 13.0. The van der Waals surface area contributed by atoms with Gasteiger partial charge in [0.2, 0.25) is 0 Å². The Morgan fingerprint density at radius 2 is 1.64 bits per heavy atom. The Balaban J connectivity index is 1.35. The number of hydrogen-bond acceptors (Lipinski definition) is 2. The van der Waals surface area contributed by atoms with E-state index in [9.17, 15) is 4.79 Å². The van der Waals surface area contributed by atoms with Gasteiger partial charge in [-0.15, -0.1) is 0 Å². The normalized spacial score (nSPS) is 35.9. The van der Waals surface area contributed by atoms with Gasteiger partial charge in [0.15, 0.2) is 0 Å². The second-order valence-electron chi connectivity index (χ2n) is 7.77. The molecule has 22 heavy (non-hydrogen) atoms. The fourth-order valence-corrected chi connectivity index (χ4v) is 5.47. The van der Waals surface area contributed by atoms with Gasteiger partial charge >= 0.3 is 5.97 Å². The van der Waals surface area contributed by atoms with Crippen LogP contribution in [-0.2, 0) is 9.53 Å². The number of rotatable bonds is 4. The maximum absolute atomic E-state index is 12.0. The van der Waals surface area contributed by atoms with Gasteiger partial charge in [0, 0.05) is 11.5 Å².